The van der Waals surface area contributed by atoms with E-state index in [-0.39, 0.29) is 24.3 Å². The summed E-state index contributed by atoms with van der Waals surface area (Å²) < 4.78 is 13.6. The molecule has 2 aromatic heterocycles. The predicted octanol–water partition coefficient (Wildman–Crippen LogP) is 5.08. The monoisotopic (exact) mass is 898 g/mol. The molecule has 5 saturated heterocycles. The van der Waals surface area contributed by atoms with Gasteiger partial charge in [-0.15, -0.1) is 0 Å². The van der Waals surface area contributed by atoms with Gasteiger partial charge < -0.3 is 28.7 Å². The molecular formula is C51H62N8O7. The molecule has 1 unspecified atom stereocenters. The van der Waals surface area contributed by atoms with Crippen LogP contribution in [-0.4, -0.2) is 138 Å². The summed E-state index contributed by atoms with van der Waals surface area (Å²) in [5, 5.41) is 3.71. The van der Waals surface area contributed by atoms with Gasteiger partial charge in [0.1, 0.15) is 17.5 Å². The molecule has 1 atom stereocenters. The van der Waals surface area contributed by atoms with Gasteiger partial charge in [0.15, 0.2) is 0 Å². The zero-order valence-corrected chi connectivity index (χ0v) is 38.6. The first-order valence-corrected chi connectivity index (χ1v) is 24.0. The molecule has 66 heavy (non-hydrogen) atoms. The normalized spacial score (nSPS) is 22.6. The summed E-state index contributed by atoms with van der Waals surface area (Å²) in [4.78, 5) is 79.2. The van der Waals surface area contributed by atoms with Gasteiger partial charge >= 0.3 is 0 Å². The number of anilines is 1. The van der Waals surface area contributed by atoms with Crippen LogP contribution in [0.3, 0.4) is 0 Å². The fourth-order valence-electron chi connectivity index (χ4n) is 12.0. The number of nitrogens with one attached hydrogen (secondary N) is 1. The smallest absolute Gasteiger partial charge is 0.262 e. The minimum Gasteiger partial charge on any atom is -0.496 e. The number of hydrogen-bond donors (Lipinski definition) is 1. The first-order chi connectivity index (χ1) is 32.0. The lowest BCUT2D eigenvalue weighted by Crippen LogP contribution is -2.54. The number of fused-ring (bicyclic) bond motifs is 2. The largest absolute Gasteiger partial charge is 0.496 e. The van der Waals surface area contributed by atoms with E-state index in [0.717, 1.165) is 109 Å². The van der Waals surface area contributed by atoms with Gasteiger partial charge in [0, 0.05) is 75.5 Å². The molecule has 348 valence electrons. The molecule has 0 saturated carbocycles. The van der Waals surface area contributed by atoms with Crippen molar-refractivity contribution >= 4 is 40.1 Å². The Kier molecular flexibility index (Phi) is 12.2. The Morgan fingerprint density at radius 2 is 1.41 bits per heavy atom. The molecule has 0 radical (unpaired) electrons. The van der Waals surface area contributed by atoms with Crippen LogP contribution in [0.25, 0.3) is 21.9 Å². The third kappa shape index (κ3) is 8.38. The number of benzene rings is 2. The van der Waals surface area contributed by atoms with Crippen molar-refractivity contribution < 1.29 is 28.7 Å². The fraction of sp³-hybridized carbons (Fsp3) is 0.529. The number of aromatic nitrogens is 2. The Morgan fingerprint density at radius 3 is 2.09 bits per heavy atom. The van der Waals surface area contributed by atoms with Gasteiger partial charge in [-0.25, -0.2) is 0 Å². The highest BCUT2D eigenvalue weighted by Gasteiger charge is 2.45. The molecule has 4 aromatic rings. The van der Waals surface area contributed by atoms with E-state index in [1.807, 2.05) is 24.4 Å². The van der Waals surface area contributed by atoms with Crippen molar-refractivity contribution in [2.24, 2.45) is 18.4 Å². The molecule has 1 N–H and O–H groups in total. The van der Waals surface area contributed by atoms with E-state index in [4.69, 9.17) is 9.47 Å². The number of nitrogens with zero attached hydrogens (tertiary/aromatic N) is 7. The van der Waals surface area contributed by atoms with Gasteiger partial charge in [-0.2, -0.15) is 0 Å². The van der Waals surface area contributed by atoms with Crippen LogP contribution in [0.2, 0.25) is 0 Å². The van der Waals surface area contributed by atoms with Crippen LogP contribution in [0.1, 0.15) is 90.5 Å². The number of carbonyl (C=O) groups excluding carboxylic acids is 4. The highest BCUT2D eigenvalue weighted by Crippen LogP contribution is 2.44. The molecule has 0 aliphatic carbocycles. The van der Waals surface area contributed by atoms with Gasteiger partial charge in [-0.1, -0.05) is 0 Å². The SMILES string of the molecule is COc1cc(-c2cn(C)c(=O)c3cnccc23)cc(OC)c1CN1CCC2(CC1)CCN(C1CCN(CC3CCN(c4ccc5c(c4)C(=O)N(C4CCC(=O)NC4=O)C5=O)CC3)CC1)CC2. The summed E-state index contributed by atoms with van der Waals surface area (Å²) >= 11 is 0. The average Bonchev–Trinajstić information content (AvgIpc) is 3.59. The van der Waals surface area contributed by atoms with Crippen LogP contribution in [0.5, 0.6) is 11.5 Å². The number of aryl methyl sites for hydroxylation is 1. The summed E-state index contributed by atoms with van der Waals surface area (Å²) in [6.45, 7) is 10.5. The second-order valence-electron chi connectivity index (χ2n) is 19.7. The fourth-order valence-corrected chi connectivity index (χ4v) is 12.0. The molecule has 15 heteroatoms. The third-order valence-electron chi connectivity index (χ3n) is 16.1. The summed E-state index contributed by atoms with van der Waals surface area (Å²) in [6, 6.07) is 11.2. The number of imide groups is 2. The molecule has 2 aromatic carbocycles. The van der Waals surface area contributed by atoms with E-state index in [0.29, 0.717) is 33.9 Å². The van der Waals surface area contributed by atoms with Crippen LogP contribution in [0, 0.1) is 11.3 Å². The van der Waals surface area contributed by atoms with Crippen molar-refractivity contribution in [3.8, 4) is 22.6 Å². The van der Waals surface area contributed by atoms with E-state index in [1.54, 1.807) is 44.3 Å². The molecule has 1 spiro atoms. The number of pyridine rings is 2. The number of hydrogen-bond acceptors (Lipinski definition) is 12. The number of likely N-dealkylation sites (tertiary alicyclic amines) is 3. The number of rotatable bonds is 10. The highest BCUT2D eigenvalue weighted by molar-refractivity contribution is 6.23. The average molecular weight is 899 g/mol. The summed E-state index contributed by atoms with van der Waals surface area (Å²) in [6.07, 6.45) is 15.1. The number of amides is 4. The summed E-state index contributed by atoms with van der Waals surface area (Å²) in [7, 11) is 5.21. The van der Waals surface area contributed by atoms with Crippen molar-refractivity contribution in [2.75, 3.05) is 78.0 Å². The Hall–Kier alpha value is -5.64. The van der Waals surface area contributed by atoms with Crippen LogP contribution in [0.4, 0.5) is 5.69 Å². The van der Waals surface area contributed by atoms with Gasteiger partial charge in [0.25, 0.3) is 17.4 Å². The zero-order chi connectivity index (χ0) is 45.7. The lowest BCUT2D eigenvalue weighted by molar-refractivity contribution is -0.136. The predicted molar refractivity (Wildman–Crippen MR) is 251 cm³/mol. The molecule has 6 aliphatic rings. The second-order valence-corrected chi connectivity index (χ2v) is 19.7. The lowest BCUT2D eigenvalue weighted by Gasteiger charge is -2.49. The molecule has 0 bridgehead atoms. The summed E-state index contributed by atoms with van der Waals surface area (Å²) in [5.41, 5.74) is 4.87. The van der Waals surface area contributed by atoms with Crippen molar-refractivity contribution in [2.45, 2.75) is 82.8 Å². The molecule has 4 amide bonds. The Morgan fingerprint density at radius 1 is 0.727 bits per heavy atom. The molecule has 15 nitrogen and oxygen atoms in total. The third-order valence-corrected chi connectivity index (χ3v) is 16.1. The van der Waals surface area contributed by atoms with Crippen molar-refractivity contribution in [3.05, 3.63) is 82.0 Å². The van der Waals surface area contributed by atoms with E-state index < -0.39 is 23.8 Å². The van der Waals surface area contributed by atoms with Crippen LogP contribution >= 0.6 is 0 Å². The van der Waals surface area contributed by atoms with Gasteiger partial charge in [-0.3, -0.25) is 44.1 Å². The first-order valence-electron chi connectivity index (χ1n) is 24.0. The van der Waals surface area contributed by atoms with Crippen LogP contribution in [-0.2, 0) is 23.2 Å². The van der Waals surface area contributed by atoms with Gasteiger partial charge in [0.2, 0.25) is 11.8 Å². The van der Waals surface area contributed by atoms with Crippen molar-refractivity contribution in [1.82, 2.24) is 34.5 Å². The Balaban J connectivity index is 0.672. The molecular weight excluding hydrogens is 837 g/mol. The van der Waals surface area contributed by atoms with Gasteiger partial charge in [0.05, 0.1) is 36.3 Å². The minimum atomic E-state index is -0.955. The molecule has 10 rings (SSSR count). The topological polar surface area (TPSA) is 150 Å². The number of ether oxygens (including phenoxy) is 2. The van der Waals surface area contributed by atoms with E-state index >= 15 is 0 Å². The maximum absolute atomic E-state index is 13.4. The van der Waals surface area contributed by atoms with Crippen molar-refractivity contribution in [3.63, 3.8) is 0 Å². The van der Waals surface area contributed by atoms with E-state index in [1.165, 1.54) is 51.6 Å². The van der Waals surface area contributed by atoms with Crippen LogP contribution < -0.4 is 25.2 Å². The van der Waals surface area contributed by atoms with E-state index in [9.17, 15) is 24.0 Å². The maximum Gasteiger partial charge on any atom is 0.262 e. The molecule has 5 fully saturated rings. The summed E-state index contributed by atoms with van der Waals surface area (Å²) in [5.74, 6) is 0.327. The van der Waals surface area contributed by atoms with E-state index in [2.05, 4.69) is 42.0 Å². The lowest BCUT2D eigenvalue weighted by atomic mass is 9.71. The quantitative estimate of drug-likeness (QED) is 0.212. The second kappa shape index (κ2) is 18.2. The van der Waals surface area contributed by atoms with Gasteiger partial charge in [-0.05, 0) is 156 Å². The van der Waals surface area contributed by atoms with Crippen LogP contribution in [0.15, 0.2) is 59.8 Å². The molecule has 6 aliphatic heterocycles. The molecule has 8 heterocycles. The standard InChI is InChI=1S/C51H62N8O7/c1-54-31-41(37-8-17-52-29-40(37)48(54)62)34-26-44(65-2)42(45(27-34)66-3)32-56-22-13-51(14-23-56)15-24-58(25-16-51)35-11-18-55(19-12-35)30-33-9-20-57(21-10-33)36-4-5-38-39(28-36)50(64)59(49(38)63)43-6-7-46(60)53-47(43)61/h4-5,8,17,26-29,31,33,35,43H,6-7,9-16,18-25,30,32H2,1-3H3,(H,53,60,61). The van der Waals surface area contributed by atoms with Crippen molar-refractivity contribution in [1.29, 1.82) is 0 Å². The first kappa shape index (κ1) is 44.2. The number of carbonyl (C=O) groups is 4. The zero-order valence-electron chi connectivity index (χ0n) is 38.6. The Bertz CT molecular complexity index is 2570. The maximum atomic E-state index is 13.4. The number of piperidine rings is 5. The number of methoxy groups -OCH3 is 2. The Labute approximate surface area is 386 Å². The highest BCUT2D eigenvalue weighted by atomic mass is 16.5. The minimum absolute atomic E-state index is 0.0730.